The van der Waals surface area contributed by atoms with Gasteiger partial charge in [0.1, 0.15) is 5.75 Å². The van der Waals surface area contributed by atoms with Crippen molar-refractivity contribution in [1.29, 1.82) is 0 Å². The number of benzene rings is 1. The number of nitrogens with one attached hydrogen (secondary N) is 2. The summed E-state index contributed by atoms with van der Waals surface area (Å²) in [6.45, 7) is 9.09. The molecule has 0 spiro atoms. The molecule has 0 aromatic heterocycles. The van der Waals surface area contributed by atoms with Crippen molar-refractivity contribution in [3.63, 3.8) is 0 Å². The standard InChI is InChI=1S/C15H23N3OS/c1-6-16-15(20)18-17-9-12-8-13(10(2)3)14(19-5)7-11(12)4/h7-10H,6H2,1-5H3,(H2,16,18,20)/b17-9+. The van der Waals surface area contributed by atoms with Crippen LogP contribution in [0, 0.1) is 6.92 Å². The predicted molar refractivity (Wildman–Crippen MR) is 88.8 cm³/mol. The highest BCUT2D eigenvalue weighted by Gasteiger charge is 2.10. The minimum atomic E-state index is 0.397. The molecule has 0 radical (unpaired) electrons. The second-order valence-electron chi connectivity index (χ2n) is 4.83. The number of hydrazone groups is 1. The van der Waals surface area contributed by atoms with Gasteiger partial charge in [0.2, 0.25) is 0 Å². The van der Waals surface area contributed by atoms with E-state index in [4.69, 9.17) is 17.0 Å². The third-order valence-electron chi connectivity index (χ3n) is 2.95. The number of ether oxygens (including phenoxy) is 1. The lowest BCUT2D eigenvalue weighted by atomic mass is 9.97. The summed E-state index contributed by atoms with van der Waals surface area (Å²) in [5.41, 5.74) is 6.14. The number of hydrogen-bond donors (Lipinski definition) is 2. The summed E-state index contributed by atoms with van der Waals surface area (Å²) in [5, 5.41) is 7.67. The van der Waals surface area contributed by atoms with E-state index in [1.54, 1.807) is 13.3 Å². The highest BCUT2D eigenvalue weighted by atomic mass is 32.1. The average Bonchev–Trinajstić information content (AvgIpc) is 2.40. The Hall–Kier alpha value is -1.62. The number of methoxy groups -OCH3 is 1. The van der Waals surface area contributed by atoms with Gasteiger partial charge in [-0.3, -0.25) is 5.43 Å². The van der Waals surface area contributed by atoms with Crippen molar-refractivity contribution in [1.82, 2.24) is 10.7 Å². The van der Waals surface area contributed by atoms with E-state index in [2.05, 4.69) is 35.8 Å². The van der Waals surface area contributed by atoms with Crippen LogP contribution in [0.4, 0.5) is 0 Å². The SMILES string of the molecule is CCNC(=S)N/N=C/c1cc(C(C)C)c(OC)cc1C. The highest BCUT2D eigenvalue weighted by molar-refractivity contribution is 7.80. The predicted octanol–water partition coefficient (Wildman–Crippen LogP) is 2.94. The lowest BCUT2D eigenvalue weighted by Gasteiger charge is -2.14. The van der Waals surface area contributed by atoms with Crippen molar-refractivity contribution >= 4 is 23.5 Å². The molecule has 0 aliphatic heterocycles. The van der Waals surface area contributed by atoms with Crippen LogP contribution in [-0.2, 0) is 0 Å². The van der Waals surface area contributed by atoms with Crippen LogP contribution in [-0.4, -0.2) is 25.0 Å². The summed E-state index contributed by atoms with van der Waals surface area (Å²) in [6, 6.07) is 4.15. The molecule has 0 unspecified atom stereocenters. The summed E-state index contributed by atoms with van der Waals surface area (Å²) in [7, 11) is 1.70. The van der Waals surface area contributed by atoms with Gasteiger partial charge in [0, 0.05) is 6.54 Å². The number of aryl methyl sites for hydroxylation is 1. The van der Waals surface area contributed by atoms with Gasteiger partial charge >= 0.3 is 0 Å². The van der Waals surface area contributed by atoms with Crippen LogP contribution >= 0.6 is 12.2 Å². The molecule has 0 saturated heterocycles. The Bertz CT molecular complexity index is 498. The first kappa shape index (κ1) is 16.4. The van der Waals surface area contributed by atoms with Gasteiger partial charge in [0.05, 0.1) is 13.3 Å². The molecule has 0 atom stereocenters. The quantitative estimate of drug-likeness (QED) is 0.498. The Balaban J connectivity index is 2.92. The van der Waals surface area contributed by atoms with E-state index in [9.17, 15) is 0 Å². The molecular formula is C15H23N3OS. The Labute approximate surface area is 126 Å². The smallest absolute Gasteiger partial charge is 0.186 e. The van der Waals surface area contributed by atoms with Gasteiger partial charge in [0.25, 0.3) is 0 Å². The number of nitrogens with zero attached hydrogens (tertiary/aromatic N) is 1. The van der Waals surface area contributed by atoms with Gasteiger partial charge < -0.3 is 10.1 Å². The molecule has 0 heterocycles. The molecule has 2 N–H and O–H groups in total. The maximum atomic E-state index is 5.43. The van der Waals surface area contributed by atoms with E-state index in [1.165, 1.54) is 5.56 Å². The highest BCUT2D eigenvalue weighted by Crippen LogP contribution is 2.28. The van der Waals surface area contributed by atoms with Gasteiger partial charge in [-0.1, -0.05) is 13.8 Å². The number of thiocarbonyl (C=S) groups is 1. The molecule has 0 aliphatic rings. The van der Waals surface area contributed by atoms with Crippen molar-refractivity contribution in [3.8, 4) is 5.75 Å². The first-order valence-corrected chi connectivity index (χ1v) is 7.15. The number of rotatable bonds is 5. The van der Waals surface area contributed by atoms with Crippen LogP contribution in [0.1, 0.15) is 43.4 Å². The van der Waals surface area contributed by atoms with Gasteiger partial charge in [-0.2, -0.15) is 5.10 Å². The molecule has 1 aromatic carbocycles. The van der Waals surface area contributed by atoms with Crippen molar-refractivity contribution < 1.29 is 4.74 Å². The van der Waals surface area contributed by atoms with Gasteiger partial charge in [0.15, 0.2) is 5.11 Å². The zero-order valence-corrected chi connectivity index (χ0v) is 13.6. The van der Waals surface area contributed by atoms with Crippen molar-refractivity contribution in [2.45, 2.75) is 33.6 Å². The summed E-state index contributed by atoms with van der Waals surface area (Å²) < 4.78 is 5.43. The molecule has 4 nitrogen and oxygen atoms in total. The van der Waals surface area contributed by atoms with Crippen LogP contribution < -0.4 is 15.5 Å². The molecule has 5 heteroatoms. The zero-order chi connectivity index (χ0) is 15.1. The van der Waals surface area contributed by atoms with E-state index < -0.39 is 0 Å². The molecule has 0 aliphatic carbocycles. The fourth-order valence-corrected chi connectivity index (χ4v) is 2.04. The zero-order valence-electron chi connectivity index (χ0n) is 12.8. The Morgan fingerprint density at radius 1 is 1.45 bits per heavy atom. The fraction of sp³-hybridized carbons (Fsp3) is 0.467. The first-order chi connectivity index (χ1) is 9.49. The Morgan fingerprint density at radius 3 is 2.70 bits per heavy atom. The maximum Gasteiger partial charge on any atom is 0.186 e. The van der Waals surface area contributed by atoms with Crippen LogP contribution in [0.3, 0.4) is 0 Å². The monoisotopic (exact) mass is 293 g/mol. The van der Waals surface area contributed by atoms with E-state index in [0.717, 1.165) is 23.4 Å². The lowest BCUT2D eigenvalue weighted by Crippen LogP contribution is -2.31. The van der Waals surface area contributed by atoms with Crippen LogP contribution in [0.2, 0.25) is 0 Å². The van der Waals surface area contributed by atoms with Crippen molar-refractivity contribution in [3.05, 3.63) is 28.8 Å². The van der Waals surface area contributed by atoms with Crippen molar-refractivity contribution in [2.75, 3.05) is 13.7 Å². The molecule has 20 heavy (non-hydrogen) atoms. The molecular weight excluding hydrogens is 270 g/mol. The summed E-state index contributed by atoms with van der Waals surface area (Å²) >= 11 is 5.05. The Morgan fingerprint density at radius 2 is 2.15 bits per heavy atom. The van der Waals surface area contributed by atoms with Crippen molar-refractivity contribution in [2.24, 2.45) is 5.10 Å². The summed E-state index contributed by atoms with van der Waals surface area (Å²) in [5.74, 6) is 1.32. The molecule has 0 fully saturated rings. The van der Waals surface area contributed by atoms with Gasteiger partial charge in [-0.25, -0.2) is 0 Å². The minimum Gasteiger partial charge on any atom is -0.496 e. The van der Waals surface area contributed by atoms with Gasteiger partial charge in [-0.05, 0) is 60.8 Å². The van der Waals surface area contributed by atoms with E-state index in [1.807, 2.05) is 19.9 Å². The van der Waals surface area contributed by atoms with E-state index in [0.29, 0.717) is 11.0 Å². The lowest BCUT2D eigenvalue weighted by molar-refractivity contribution is 0.407. The van der Waals surface area contributed by atoms with Crippen LogP contribution in [0.5, 0.6) is 5.75 Å². The largest absolute Gasteiger partial charge is 0.496 e. The molecule has 0 bridgehead atoms. The second-order valence-corrected chi connectivity index (χ2v) is 5.24. The minimum absolute atomic E-state index is 0.397. The maximum absolute atomic E-state index is 5.43. The third-order valence-corrected chi connectivity index (χ3v) is 3.18. The van der Waals surface area contributed by atoms with E-state index in [-0.39, 0.29) is 0 Å². The summed E-state index contributed by atoms with van der Waals surface area (Å²) in [6.07, 6.45) is 1.78. The second kappa shape index (κ2) is 7.85. The molecule has 1 aromatic rings. The normalized spacial score (nSPS) is 10.9. The molecule has 0 amide bonds. The fourth-order valence-electron chi connectivity index (χ4n) is 1.84. The van der Waals surface area contributed by atoms with Crippen LogP contribution in [0.25, 0.3) is 0 Å². The topological polar surface area (TPSA) is 45.7 Å². The first-order valence-electron chi connectivity index (χ1n) is 6.75. The van der Waals surface area contributed by atoms with Gasteiger partial charge in [-0.15, -0.1) is 0 Å². The molecule has 1 rings (SSSR count). The average molecular weight is 293 g/mol. The van der Waals surface area contributed by atoms with Crippen LogP contribution in [0.15, 0.2) is 17.2 Å². The number of hydrogen-bond acceptors (Lipinski definition) is 3. The third kappa shape index (κ3) is 4.49. The Kier molecular flexibility index (Phi) is 6.45. The molecule has 0 saturated carbocycles. The van der Waals surface area contributed by atoms with E-state index >= 15 is 0 Å². The molecule has 110 valence electrons. The summed E-state index contributed by atoms with van der Waals surface area (Å²) in [4.78, 5) is 0.